The summed E-state index contributed by atoms with van der Waals surface area (Å²) in [5, 5.41) is 2.96. The summed E-state index contributed by atoms with van der Waals surface area (Å²) in [6.07, 6.45) is 6.21. The first-order chi connectivity index (χ1) is 16.1. The lowest BCUT2D eigenvalue weighted by Gasteiger charge is -2.42. The van der Waals surface area contributed by atoms with Crippen molar-refractivity contribution in [1.82, 2.24) is 15.1 Å². The van der Waals surface area contributed by atoms with E-state index in [1.165, 1.54) is 19.3 Å². The summed E-state index contributed by atoms with van der Waals surface area (Å²) in [4.78, 5) is 42.1. The lowest BCUT2D eigenvalue weighted by Crippen LogP contribution is -2.62. The molecular formula is C25H43N3O6. The van der Waals surface area contributed by atoms with E-state index in [-0.39, 0.29) is 30.5 Å². The fourth-order valence-corrected chi connectivity index (χ4v) is 4.89. The summed E-state index contributed by atoms with van der Waals surface area (Å²) in [6.45, 7) is 9.26. The normalized spacial score (nSPS) is 25.4. The fourth-order valence-electron chi connectivity index (χ4n) is 4.89. The average molecular weight is 482 g/mol. The molecule has 1 aliphatic carbocycles. The number of carbonyl (C=O) groups excluding carboxylic acids is 3. The molecule has 1 N–H and O–H groups in total. The van der Waals surface area contributed by atoms with E-state index < -0.39 is 23.8 Å². The van der Waals surface area contributed by atoms with Gasteiger partial charge in [-0.3, -0.25) is 9.59 Å². The van der Waals surface area contributed by atoms with Gasteiger partial charge in [0.25, 0.3) is 0 Å². The number of likely N-dealkylation sites (tertiary alicyclic amines) is 2. The molecule has 194 valence electrons. The molecule has 9 nitrogen and oxygen atoms in total. The lowest BCUT2D eigenvalue weighted by atomic mass is 9.90. The van der Waals surface area contributed by atoms with Crippen molar-refractivity contribution in [2.45, 2.75) is 96.6 Å². The number of hydrogen-bond acceptors (Lipinski definition) is 6. The molecule has 3 aliphatic rings. The van der Waals surface area contributed by atoms with E-state index in [0.717, 1.165) is 19.3 Å². The van der Waals surface area contributed by atoms with Crippen LogP contribution in [0.15, 0.2) is 0 Å². The topological polar surface area (TPSA) is 97.4 Å². The Morgan fingerprint density at radius 1 is 1.03 bits per heavy atom. The van der Waals surface area contributed by atoms with E-state index in [1.54, 1.807) is 16.9 Å². The second-order valence-corrected chi connectivity index (χ2v) is 11.0. The third kappa shape index (κ3) is 7.07. The first-order valence-electron chi connectivity index (χ1n) is 12.8. The molecule has 0 aromatic carbocycles. The van der Waals surface area contributed by atoms with Crippen molar-refractivity contribution in [2.75, 3.05) is 33.4 Å². The van der Waals surface area contributed by atoms with E-state index >= 15 is 0 Å². The van der Waals surface area contributed by atoms with Crippen LogP contribution in [0.5, 0.6) is 0 Å². The molecule has 2 saturated heterocycles. The zero-order chi connectivity index (χ0) is 24.9. The van der Waals surface area contributed by atoms with Crippen LogP contribution in [-0.2, 0) is 23.8 Å². The van der Waals surface area contributed by atoms with Crippen molar-refractivity contribution in [3.63, 3.8) is 0 Å². The second-order valence-electron chi connectivity index (χ2n) is 11.0. The van der Waals surface area contributed by atoms with Gasteiger partial charge in [-0.15, -0.1) is 0 Å². The van der Waals surface area contributed by atoms with Gasteiger partial charge < -0.3 is 29.3 Å². The summed E-state index contributed by atoms with van der Waals surface area (Å²) >= 11 is 0. The minimum atomic E-state index is -0.787. The Morgan fingerprint density at radius 3 is 2.32 bits per heavy atom. The van der Waals surface area contributed by atoms with Gasteiger partial charge in [-0.05, 0) is 52.9 Å². The number of ether oxygens (including phenoxy) is 3. The molecule has 0 aromatic rings. The Labute approximate surface area is 203 Å². The molecule has 0 radical (unpaired) electrons. The van der Waals surface area contributed by atoms with Crippen LogP contribution in [0.4, 0.5) is 4.79 Å². The zero-order valence-electron chi connectivity index (χ0n) is 21.5. The van der Waals surface area contributed by atoms with E-state index in [9.17, 15) is 14.4 Å². The van der Waals surface area contributed by atoms with Crippen molar-refractivity contribution in [3.8, 4) is 0 Å². The van der Waals surface area contributed by atoms with Gasteiger partial charge in [-0.2, -0.15) is 0 Å². The number of nitrogens with zero attached hydrogens (tertiary/aromatic N) is 2. The molecule has 9 heteroatoms. The van der Waals surface area contributed by atoms with Gasteiger partial charge in [-0.25, -0.2) is 4.79 Å². The SMILES string of the molecule is COC1CCN1C(=O)[C@@H](NC(=O)C1CCN(C(=O)OC(C)(C)C)C1)[C@@H](C)OCC1CCCCC1. The second kappa shape index (κ2) is 11.7. The molecule has 2 unspecified atom stereocenters. The molecule has 3 rings (SSSR count). The first-order valence-corrected chi connectivity index (χ1v) is 12.8. The maximum atomic E-state index is 13.3. The first kappa shape index (κ1) is 26.7. The monoisotopic (exact) mass is 481 g/mol. The molecule has 0 spiro atoms. The summed E-state index contributed by atoms with van der Waals surface area (Å²) < 4.78 is 17.0. The minimum absolute atomic E-state index is 0.176. The molecule has 1 saturated carbocycles. The van der Waals surface area contributed by atoms with Crippen LogP contribution in [0.1, 0.15) is 72.6 Å². The molecule has 2 aliphatic heterocycles. The van der Waals surface area contributed by atoms with Gasteiger partial charge in [0.15, 0.2) is 0 Å². The third-order valence-electron chi connectivity index (χ3n) is 7.08. The largest absolute Gasteiger partial charge is 0.444 e. The van der Waals surface area contributed by atoms with Crippen LogP contribution in [-0.4, -0.2) is 85.0 Å². The van der Waals surface area contributed by atoms with Gasteiger partial charge >= 0.3 is 6.09 Å². The number of rotatable bonds is 8. The molecule has 3 amide bonds. The Balaban J connectivity index is 1.60. The predicted molar refractivity (Wildman–Crippen MR) is 127 cm³/mol. The Morgan fingerprint density at radius 2 is 1.74 bits per heavy atom. The van der Waals surface area contributed by atoms with Gasteiger partial charge in [0.05, 0.1) is 12.0 Å². The smallest absolute Gasteiger partial charge is 0.410 e. The summed E-state index contributed by atoms with van der Waals surface area (Å²) in [5.41, 5.74) is -0.588. The van der Waals surface area contributed by atoms with Crippen LogP contribution in [0.3, 0.4) is 0 Å². The maximum Gasteiger partial charge on any atom is 0.410 e. The number of hydrogen-bond donors (Lipinski definition) is 1. The number of carbonyl (C=O) groups is 3. The number of methoxy groups -OCH3 is 1. The van der Waals surface area contributed by atoms with Gasteiger partial charge in [-0.1, -0.05) is 19.3 Å². The fraction of sp³-hybridized carbons (Fsp3) is 0.880. The van der Waals surface area contributed by atoms with E-state index in [2.05, 4.69) is 5.32 Å². The average Bonchev–Trinajstić information content (AvgIpc) is 3.25. The molecule has 3 fully saturated rings. The van der Waals surface area contributed by atoms with Crippen molar-refractivity contribution < 1.29 is 28.6 Å². The molecule has 34 heavy (non-hydrogen) atoms. The highest BCUT2D eigenvalue weighted by molar-refractivity contribution is 5.90. The van der Waals surface area contributed by atoms with Crippen LogP contribution in [0.25, 0.3) is 0 Å². The summed E-state index contributed by atoms with van der Waals surface area (Å²) in [7, 11) is 1.59. The third-order valence-corrected chi connectivity index (χ3v) is 7.08. The lowest BCUT2D eigenvalue weighted by molar-refractivity contribution is -0.166. The number of amides is 3. The van der Waals surface area contributed by atoms with Crippen molar-refractivity contribution >= 4 is 17.9 Å². The van der Waals surface area contributed by atoms with Crippen LogP contribution >= 0.6 is 0 Å². The maximum absolute atomic E-state index is 13.3. The van der Waals surface area contributed by atoms with Crippen LogP contribution in [0, 0.1) is 11.8 Å². The van der Waals surface area contributed by atoms with Gasteiger partial charge in [0.2, 0.25) is 11.8 Å². The molecule has 0 aromatic heterocycles. The highest BCUT2D eigenvalue weighted by Crippen LogP contribution is 2.26. The highest BCUT2D eigenvalue weighted by Gasteiger charge is 2.41. The van der Waals surface area contributed by atoms with Gasteiger partial charge in [0, 0.05) is 39.8 Å². The Hall–Kier alpha value is -1.87. The molecular weight excluding hydrogens is 438 g/mol. The Bertz CT molecular complexity index is 716. The predicted octanol–water partition coefficient (Wildman–Crippen LogP) is 2.92. The van der Waals surface area contributed by atoms with Crippen LogP contribution in [0.2, 0.25) is 0 Å². The van der Waals surface area contributed by atoms with Crippen LogP contribution < -0.4 is 5.32 Å². The molecule has 4 atom stereocenters. The summed E-state index contributed by atoms with van der Waals surface area (Å²) in [5.74, 6) is -0.282. The molecule has 0 bridgehead atoms. The molecule has 2 heterocycles. The van der Waals surface area contributed by atoms with Crippen molar-refractivity contribution in [3.05, 3.63) is 0 Å². The van der Waals surface area contributed by atoms with Crippen molar-refractivity contribution in [1.29, 1.82) is 0 Å². The Kier molecular flexibility index (Phi) is 9.20. The standard InChI is InChI=1S/C25H43N3O6/c1-17(33-16-18-9-7-6-8-10-18)21(23(30)28-14-12-20(28)32-5)26-22(29)19-11-13-27(15-19)24(31)34-25(2,3)4/h17-21H,6-16H2,1-5H3,(H,26,29)/t17-,19?,20?,21+/m1/s1. The minimum Gasteiger partial charge on any atom is -0.444 e. The quantitative estimate of drug-likeness (QED) is 0.573. The summed E-state index contributed by atoms with van der Waals surface area (Å²) in [6, 6.07) is -0.787. The number of nitrogens with one attached hydrogen (secondary N) is 1. The van der Waals surface area contributed by atoms with E-state index in [4.69, 9.17) is 14.2 Å². The van der Waals surface area contributed by atoms with Crippen molar-refractivity contribution in [2.24, 2.45) is 11.8 Å². The van der Waals surface area contributed by atoms with Gasteiger partial charge in [0.1, 0.15) is 17.9 Å². The van der Waals surface area contributed by atoms with E-state index in [1.807, 2.05) is 27.7 Å². The zero-order valence-corrected chi connectivity index (χ0v) is 21.5. The highest BCUT2D eigenvalue weighted by atomic mass is 16.6. The van der Waals surface area contributed by atoms with E-state index in [0.29, 0.717) is 32.0 Å².